The average Bonchev–Trinajstić information content (AvgIpc) is 2.88. The van der Waals surface area contributed by atoms with Crippen LogP contribution in [0.4, 0.5) is 5.82 Å². The second kappa shape index (κ2) is 4.93. The molecule has 1 fully saturated rings. The summed E-state index contributed by atoms with van der Waals surface area (Å²) in [6.45, 7) is 8.71. The van der Waals surface area contributed by atoms with Crippen molar-refractivity contribution in [2.45, 2.75) is 27.2 Å². The van der Waals surface area contributed by atoms with E-state index in [0.29, 0.717) is 11.8 Å². The van der Waals surface area contributed by atoms with Gasteiger partial charge in [-0.15, -0.1) is 10.2 Å². The number of para-hydroxylation sites is 2. The summed E-state index contributed by atoms with van der Waals surface area (Å²) in [7, 11) is 0. The molecule has 1 aliphatic rings. The molecule has 2 aromatic heterocycles. The summed E-state index contributed by atoms with van der Waals surface area (Å²) in [5.74, 6) is 3.24. The van der Waals surface area contributed by atoms with E-state index in [4.69, 9.17) is 4.98 Å². The largest absolute Gasteiger partial charge is 0.353 e. The smallest absolute Gasteiger partial charge is 0.204 e. The van der Waals surface area contributed by atoms with Crippen molar-refractivity contribution >= 4 is 22.5 Å². The predicted molar refractivity (Wildman–Crippen MR) is 88.2 cm³/mol. The van der Waals surface area contributed by atoms with E-state index in [0.717, 1.165) is 41.4 Å². The summed E-state index contributed by atoms with van der Waals surface area (Å²) in [6, 6.07) is 8.21. The number of piperidine rings is 1. The van der Waals surface area contributed by atoms with Crippen LogP contribution in [0.25, 0.3) is 16.7 Å². The first kappa shape index (κ1) is 13.5. The molecule has 3 heterocycles. The van der Waals surface area contributed by atoms with Crippen LogP contribution in [0.5, 0.6) is 0 Å². The summed E-state index contributed by atoms with van der Waals surface area (Å²) in [6.07, 6.45) is 1.28. The van der Waals surface area contributed by atoms with Gasteiger partial charge in [0.2, 0.25) is 5.65 Å². The Morgan fingerprint density at radius 3 is 2.55 bits per heavy atom. The molecule has 1 saturated heterocycles. The average molecular weight is 295 g/mol. The summed E-state index contributed by atoms with van der Waals surface area (Å²) in [5, 5.41) is 8.69. The summed E-state index contributed by atoms with van der Waals surface area (Å²) in [4.78, 5) is 7.30. The van der Waals surface area contributed by atoms with Crippen molar-refractivity contribution in [3.63, 3.8) is 0 Å². The monoisotopic (exact) mass is 295 g/mol. The fourth-order valence-corrected chi connectivity index (χ4v) is 3.76. The lowest BCUT2D eigenvalue weighted by atomic mass is 9.92. The lowest BCUT2D eigenvalue weighted by Crippen LogP contribution is -2.39. The van der Waals surface area contributed by atoms with E-state index < -0.39 is 0 Å². The summed E-state index contributed by atoms with van der Waals surface area (Å²) < 4.78 is 2.13. The first-order chi connectivity index (χ1) is 10.6. The summed E-state index contributed by atoms with van der Waals surface area (Å²) in [5.41, 5.74) is 2.94. The van der Waals surface area contributed by atoms with E-state index >= 15 is 0 Å². The molecule has 2 atom stereocenters. The number of aromatic nitrogens is 4. The predicted octanol–water partition coefficient (Wildman–Crippen LogP) is 3.07. The van der Waals surface area contributed by atoms with Crippen LogP contribution in [0.15, 0.2) is 24.3 Å². The molecule has 0 amide bonds. The van der Waals surface area contributed by atoms with Gasteiger partial charge in [-0.3, -0.25) is 4.40 Å². The van der Waals surface area contributed by atoms with Gasteiger partial charge in [-0.1, -0.05) is 26.0 Å². The number of fused-ring (bicyclic) bond motifs is 3. The van der Waals surface area contributed by atoms with E-state index in [-0.39, 0.29) is 0 Å². The molecule has 22 heavy (non-hydrogen) atoms. The molecule has 1 aliphatic heterocycles. The van der Waals surface area contributed by atoms with Crippen LogP contribution in [0.3, 0.4) is 0 Å². The molecular weight excluding hydrogens is 274 g/mol. The Kier molecular flexibility index (Phi) is 3.03. The molecule has 5 nitrogen and oxygen atoms in total. The minimum Gasteiger partial charge on any atom is -0.353 e. The van der Waals surface area contributed by atoms with Crippen LogP contribution in [-0.2, 0) is 0 Å². The zero-order valence-corrected chi connectivity index (χ0v) is 13.3. The Hall–Kier alpha value is -2.17. The molecule has 3 aromatic rings. The van der Waals surface area contributed by atoms with Crippen molar-refractivity contribution in [3.05, 3.63) is 30.1 Å². The fourth-order valence-electron chi connectivity index (χ4n) is 3.76. The third kappa shape index (κ3) is 2.03. The molecule has 0 aliphatic carbocycles. The van der Waals surface area contributed by atoms with Gasteiger partial charge in [0, 0.05) is 13.1 Å². The third-order valence-electron chi connectivity index (χ3n) is 4.54. The molecule has 1 aromatic carbocycles. The van der Waals surface area contributed by atoms with Gasteiger partial charge in [0.25, 0.3) is 0 Å². The number of nitrogens with zero attached hydrogens (tertiary/aromatic N) is 5. The molecule has 114 valence electrons. The summed E-state index contributed by atoms with van der Waals surface area (Å²) >= 11 is 0. The van der Waals surface area contributed by atoms with Gasteiger partial charge >= 0.3 is 0 Å². The van der Waals surface area contributed by atoms with Gasteiger partial charge < -0.3 is 4.90 Å². The molecule has 0 radical (unpaired) electrons. The highest BCUT2D eigenvalue weighted by Gasteiger charge is 2.26. The second-order valence-corrected chi connectivity index (χ2v) is 6.68. The van der Waals surface area contributed by atoms with Gasteiger partial charge in [-0.05, 0) is 37.3 Å². The topological polar surface area (TPSA) is 46.3 Å². The second-order valence-electron chi connectivity index (χ2n) is 6.68. The quantitative estimate of drug-likeness (QED) is 0.692. The van der Waals surface area contributed by atoms with Crippen molar-refractivity contribution < 1.29 is 0 Å². The Bertz CT molecular complexity index is 828. The number of aryl methyl sites for hydroxylation is 1. The van der Waals surface area contributed by atoms with E-state index in [1.807, 2.05) is 19.1 Å². The molecular formula is C17H21N5. The maximum Gasteiger partial charge on any atom is 0.204 e. The SMILES string of the molecule is Cc1nnc2c(N3C[C@H](C)C[C@@H](C)C3)nc3ccccc3n12. The normalized spacial score (nSPS) is 22.6. The van der Waals surface area contributed by atoms with Crippen molar-refractivity contribution in [1.82, 2.24) is 19.6 Å². The third-order valence-corrected chi connectivity index (χ3v) is 4.54. The van der Waals surface area contributed by atoms with Crippen molar-refractivity contribution in [2.75, 3.05) is 18.0 Å². The zero-order chi connectivity index (χ0) is 15.3. The zero-order valence-electron chi connectivity index (χ0n) is 13.3. The van der Waals surface area contributed by atoms with E-state index in [1.54, 1.807) is 0 Å². The van der Waals surface area contributed by atoms with Gasteiger partial charge in [0.1, 0.15) is 5.82 Å². The minimum atomic E-state index is 0.682. The number of rotatable bonds is 1. The Morgan fingerprint density at radius 2 is 1.77 bits per heavy atom. The highest BCUT2D eigenvalue weighted by Crippen LogP contribution is 2.29. The number of benzene rings is 1. The highest BCUT2D eigenvalue weighted by molar-refractivity contribution is 5.83. The lowest BCUT2D eigenvalue weighted by Gasteiger charge is -2.35. The first-order valence-corrected chi connectivity index (χ1v) is 7.99. The van der Waals surface area contributed by atoms with Gasteiger partial charge in [-0.2, -0.15) is 0 Å². The Labute approximate surface area is 130 Å². The van der Waals surface area contributed by atoms with Gasteiger partial charge in [0.15, 0.2) is 5.82 Å². The van der Waals surface area contributed by atoms with Crippen molar-refractivity contribution in [2.24, 2.45) is 11.8 Å². The van der Waals surface area contributed by atoms with Crippen LogP contribution in [-0.4, -0.2) is 32.7 Å². The molecule has 0 bridgehead atoms. The lowest BCUT2D eigenvalue weighted by molar-refractivity contribution is 0.356. The van der Waals surface area contributed by atoms with E-state index in [9.17, 15) is 0 Å². The van der Waals surface area contributed by atoms with E-state index in [2.05, 4.69) is 45.5 Å². The molecule has 4 rings (SSSR count). The van der Waals surface area contributed by atoms with Gasteiger partial charge in [-0.25, -0.2) is 4.98 Å². The molecule has 0 N–H and O–H groups in total. The first-order valence-electron chi connectivity index (χ1n) is 7.99. The number of anilines is 1. The Morgan fingerprint density at radius 1 is 1.05 bits per heavy atom. The maximum absolute atomic E-state index is 4.91. The standard InChI is InChI=1S/C17H21N5/c1-11-8-12(2)10-21(9-11)16-17-20-19-13(3)22(17)15-7-5-4-6-14(15)18-16/h4-7,11-12H,8-10H2,1-3H3/t11-,12-/m1/s1. The Balaban J connectivity index is 1.96. The molecule has 0 unspecified atom stereocenters. The maximum atomic E-state index is 4.91. The van der Waals surface area contributed by atoms with Gasteiger partial charge in [0.05, 0.1) is 11.0 Å². The number of hydrogen-bond acceptors (Lipinski definition) is 4. The van der Waals surface area contributed by atoms with Crippen LogP contribution < -0.4 is 4.90 Å². The van der Waals surface area contributed by atoms with Crippen LogP contribution in [0.1, 0.15) is 26.1 Å². The van der Waals surface area contributed by atoms with Crippen LogP contribution >= 0.6 is 0 Å². The fraction of sp³-hybridized carbons (Fsp3) is 0.471. The van der Waals surface area contributed by atoms with E-state index in [1.165, 1.54) is 6.42 Å². The minimum absolute atomic E-state index is 0.682. The highest BCUT2D eigenvalue weighted by atomic mass is 15.3. The van der Waals surface area contributed by atoms with Crippen LogP contribution in [0, 0.1) is 18.8 Å². The van der Waals surface area contributed by atoms with Crippen LogP contribution in [0.2, 0.25) is 0 Å². The molecule has 5 heteroatoms. The number of hydrogen-bond donors (Lipinski definition) is 0. The van der Waals surface area contributed by atoms with Crippen molar-refractivity contribution in [1.29, 1.82) is 0 Å². The molecule has 0 saturated carbocycles. The molecule has 0 spiro atoms. The van der Waals surface area contributed by atoms with Crippen molar-refractivity contribution in [3.8, 4) is 0 Å².